The van der Waals surface area contributed by atoms with Crippen LogP contribution in [0.15, 0.2) is 47.4 Å². The minimum absolute atomic E-state index is 0.0141. The first kappa shape index (κ1) is 23.5. The largest absolute Gasteiger partial charge is 0.495 e. The number of nitrogens with zero attached hydrogens (tertiary/aromatic N) is 1. The van der Waals surface area contributed by atoms with Gasteiger partial charge in [0.15, 0.2) is 5.13 Å². The monoisotopic (exact) mass is 494 g/mol. The van der Waals surface area contributed by atoms with Crippen molar-refractivity contribution in [2.45, 2.75) is 18.7 Å². The molecule has 0 aliphatic heterocycles. The van der Waals surface area contributed by atoms with Gasteiger partial charge in [0.05, 0.1) is 23.4 Å². The van der Waals surface area contributed by atoms with Crippen molar-refractivity contribution in [2.75, 3.05) is 22.5 Å². The summed E-state index contributed by atoms with van der Waals surface area (Å²) in [5.41, 5.74) is 1.16. The van der Waals surface area contributed by atoms with Crippen LogP contribution >= 0.6 is 22.9 Å². The molecule has 0 spiro atoms. The van der Waals surface area contributed by atoms with Gasteiger partial charge < -0.3 is 15.4 Å². The molecular weight excluding hydrogens is 476 g/mol. The number of nitrogens with one attached hydrogen (secondary N) is 3. The third-order valence-electron chi connectivity index (χ3n) is 4.12. The Morgan fingerprint density at radius 1 is 1.09 bits per heavy atom. The Balaban J connectivity index is 1.82. The van der Waals surface area contributed by atoms with Gasteiger partial charge in [0.2, 0.25) is 5.91 Å². The summed E-state index contributed by atoms with van der Waals surface area (Å²) in [4.78, 5) is 28.5. The third-order valence-corrected chi connectivity index (χ3v) is 6.92. The number of anilines is 3. The van der Waals surface area contributed by atoms with Crippen LogP contribution in [0.25, 0.3) is 0 Å². The molecule has 32 heavy (non-hydrogen) atoms. The van der Waals surface area contributed by atoms with Crippen LogP contribution in [0.4, 0.5) is 16.5 Å². The summed E-state index contributed by atoms with van der Waals surface area (Å²) in [5.74, 6) is -0.378. The second-order valence-electron chi connectivity index (χ2n) is 6.54. The van der Waals surface area contributed by atoms with E-state index in [0.29, 0.717) is 27.8 Å². The molecule has 0 bridgehead atoms. The number of ether oxygens (including phenoxy) is 1. The second kappa shape index (κ2) is 9.55. The van der Waals surface area contributed by atoms with Crippen molar-refractivity contribution in [2.24, 2.45) is 0 Å². The average Bonchev–Trinajstić information content (AvgIpc) is 3.07. The molecule has 3 N–H and O–H groups in total. The van der Waals surface area contributed by atoms with Crippen LogP contribution in [0.3, 0.4) is 0 Å². The number of aromatic nitrogens is 1. The number of carbonyl (C=O) groups excluding carboxylic acids is 2. The number of aryl methyl sites for hydroxylation is 1. The minimum atomic E-state index is -3.90. The van der Waals surface area contributed by atoms with E-state index in [1.165, 1.54) is 38.3 Å². The van der Waals surface area contributed by atoms with Crippen molar-refractivity contribution in [3.63, 3.8) is 0 Å². The molecule has 0 saturated carbocycles. The molecular formula is C20H19ClN4O5S2. The predicted molar refractivity (Wildman–Crippen MR) is 124 cm³/mol. The molecule has 0 atom stereocenters. The topological polar surface area (TPSA) is 126 Å². The summed E-state index contributed by atoms with van der Waals surface area (Å²) in [6.07, 6.45) is 0. The van der Waals surface area contributed by atoms with Crippen molar-refractivity contribution in [1.29, 1.82) is 0 Å². The van der Waals surface area contributed by atoms with E-state index in [-0.39, 0.29) is 20.8 Å². The van der Waals surface area contributed by atoms with Gasteiger partial charge in [-0.3, -0.25) is 14.3 Å². The molecule has 12 heteroatoms. The molecule has 0 aliphatic carbocycles. The van der Waals surface area contributed by atoms with Gasteiger partial charge in [-0.15, -0.1) is 0 Å². The average molecular weight is 495 g/mol. The molecule has 9 nitrogen and oxygen atoms in total. The standard InChI is InChI=1S/C20H19ClN4O5S2/c1-11-18(19(27)24-16-10-14(23-12(2)26)6-9-17(16)30-3)31-20(22-11)25-32(28,29)15-7-4-13(21)5-8-15/h4-10H,1-3H3,(H,22,25)(H,23,26)(H,24,27). The number of amides is 2. The summed E-state index contributed by atoms with van der Waals surface area (Å²) in [5, 5.41) is 5.79. The first-order valence-corrected chi connectivity index (χ1v) is 11.8. The maximum atomic E-state index is 12.8. The lowest BCUT2D eigenvalue weighted by Gasteiger charge is -2.12. The Kier molecular flexibility index (Phi) is 7.02. The van der Waals surface area contributed by atoms with E-state index < -0.39 is 15.9 Å². The van der Waals surface area contributed by atoms with Crippen molar-refractivity contribution < 1.29 is 22.7 Å². The summed E-state index contributed by atoms with van der Waals surface area (Å²) in [6, 6.07) is 10.5. The van der Waals surface area contributed by atoms with Gasteiger partial charge in [-0.2, -0.15) is 0 Å². The normalized spacial score (nSPS) is 11.0. The number of rotatable bonds is 7. The summed E-state index contributed by atoms with van der Waals surface area (Å²) >= 11 is 6.69. The van der Waals surface area contributed by atoms with Gasteiger partial charge in [-0.25, -0.2) is 13.4 Å². The van der Waals surface area contributed by atoms with E-state index in [4.69, 9.17) is 16.3 Å². The van der Waals surface area contributed by atoms with Crippen LogP contribution in [0.1, 0.15) is 22.3 Å². The molecule has 1 aromatic heterocycles. The Morgan fingerprint density at radius 3 is 2.41 bits per heavy atom. The van der Waals surface area contributed by atoms with E-state index in [0.717, 1.165) is 11.3 Å². The first-order chi connectivity index (χ1) is 15.1. The third kappa shape index (κ3) is 5.55. The highest BCUT2D eigenvalue weighted by molar-refractivity contribution is 7.93. The summed E-state index contributed by atoms with van der Waals surface area (Å²) < 4.78 is 32.8. The van der Waals surface area contributed by atoms with Crippen molar-refractivity contribution >= 4 is 61.3 Å². The van der Waals surface area contributed by atoms with Gasteiger partial charge >= 0.3 is 0 Å². The lowest BCUT2D eigenvalue weighted by atomic mass is 10.2. The predicted octanol–water partition coefficient (Wildman–Crippen LogP) is 4.13. The van der Waals surface area contributed by atoms with E-state index >= 15 is 0 Å². The van der Waals surface area contributed by atoms with Gasteiger partial charge in [0.1, 0.15) is 10.6 Å². The molecule has 168 valence electrons. The smallest absolute Gasteiger partial charge is 0.267 e. The highest BCUT2D eigenvalue weighted by Crippen LogP contribution is 2.31. The highest BCUT2D eigenvalue weighted by atomic mass is 35.5. The number of benzene rings is 2. The molecule has 3 aromatic rings. The number of hydrogen-bond acceptors (Lipinski definition) is 7. The van der Waals surface area contributed by atoms with Gasteiger partial charge in [-0.05, 0) is 49.4 Å². The van der Waals surface area contributed by atoms with E-state index in [1.54, 1.807) is 25.1 Å². The number of methoxy groups -OCH3 is 1. The Labute approximate surface area is 193 Å². The molecule has 2 aromatic carbocycles. The van der Waals surface area contributed by atoms with Crippen LogP contribution in [-0.2, 0) is 14.8 Å². The summed E-state index contributed by atoms with van der Waals surface area (Å²) in [7, 11) is -2.45. The van der Waals surface area contributed by atoms with Crippen LogP contribution in [0, 0.1) is 6.92 Å². The zero-order valence-corrected chi connectivity index (χ0v) is 19.6. The fourth-order valence-corrected chi connectivity index (χ4v) is 4.93. The molecule has 0 fully saturated rings. The van der Waals surface area contributed by atoms with E-state index in [9.17, 15) is 18.0 Å². The Hall–Kier alpha value is -3.15. The summed E-state index contributed by atoms with van der Waals surface area (Å²) in [6.45, 7) is 2.96. The molecule has 1 heterocycles. The lowest BCUT2D eigenvalue weighted by Crippen LogP contribution is -2.13. The number of thiazole rings is 1. The molecule has 0 unspecified atom stereocenters. The second-order valence-corrected chi connectivity index (χ2v) is 9.66. The lowest BCUT2D eigenvalue weighted by molar-refractivity contribution is -0.114. The van der Waals surface area contributed by atoms with Crippen molar-refractivity contribution in [3.8, 4) is 5.75 Å². The molecule has 0 radical (unpaired) electrons. The number of hydrogen-bond donors (Lipinski definition) is 3. The van der Waals surface area contributed by atoms with Gasteiger partial charge in [0, 0.05) is 17.6 Å². The van der Waals surface area contributed by atoms with E-state index in [1.807, 2.05) is 0 Å². The zero-order valence-electron chi connectivity index (χ0n) is 17.2. The molecule has 3 rings (SSSR count). The number of sulfonamides is 1. The maximum absolute atomic E-state index is 12.8. The number of carbonyl (C=O) groups is 2. The minimum Gasteiger partial charge on any atom is -0.495 e. The van der Waals surface area contributed by atoms with Crippen molar-refractivity contribution in [3.05, 3.63) is 58.1 Å². The number of halogens is 1. The Morgan fingerprint density at radius 2 is 1.78 bits per heavy atom. The van der Waals surface area contributed by atoms with Crippen molar-refractivity contribution in [1.82, 2.24) is 4.98 Å². The quantitative estimate of drug-likeness (QED) is 0.453. The maximum Gasteiger partial charge on any atom is 0.267 e. The van der Waals surface area contributed by atoms with Crippen LogP contribution in [0.2, 0.25) is 5.02 Å². The van der Waals surface area contributed by atoms with Crippen LogP contribution in [0.5, 0.6) is 5.75 Å². The fraction of sp³-hybridized carbons (Fsp3) is 0.150. The highest BCUT2D eigenvalue weighted by Gasteiger charge is 2.21. The fourth-order valence-electron chi connectivity index (χ4n) is 2.70. The van der Waals surface area contributed by atoms with E-state index in [2.05, 4.69) is 20.3 Å². The van der Waals surface area contributed by atoms with Gasteiger partial charge in [-0.1, -0.05) is 22.9 Å². The molecule has 0 saturated heterocycles. The molecule has 2 amide bonds. The zero-order chi connectivity index (χ0) is 23.5. The SMILES string of the molecule is COc1ccc(NC(C)=O)cc1NC(=O)c1sc(NS(=O)(=O)c2ccc(Cl)cc2)nc1C. The van der Waals surface area contributed by atoms with Crippen LogP contribution in [-0.4, -0.2) is 32.3 Å². The first-order valence-electron chi connectivity index (χ1n) is 9.12. The molecule has 0 aliphatic rings. The van der Waals surface area contributed by atoms with Gasteiger partial charge in [0.25, 0.3) is 15.9 Å². The Bertz CT molecular complexity index is 1270. The van der Waals surface area contributed by atoms with Crippen LogP contribution < -0.4 is 20.1 Å².